The van der Waals surface area contributed by atoms with Crippen molar-refractivity contribution in [1.29, 1.82) is 0 Å². The van der Waals surface area contributed by atoms with Gasteiger partial charge in [0.25, 0.3) is 5.69 Å². The summed E-state index contributed by atoms with van der Waals surface area (Å²) in [6, 6.07) is 5.95. The number of dihydropyridines is 1. The largest absolute Gasteiger partial charge is 0.462 e. The molecule has 0 radical (unpaired) electrons. The molecule has 0 bridgehead atoms. The van der Waals surface area contributed by atoms with E-state index in [1.54, 1.807) is 32.1 Å². The Bertz CT molecular complexity index is 1060. The molecule has 1 unspecified atom stereocenters. The van der Waals surface area contributed by atoms with Crippen LogP contribution in [-0.2, 0) is 19.1 Å². The van der Waals surface area contributed by atoms with E-state index in [0.717, 1.165) is 12.8 Å². The Morgan fingerprint density at radius 3 is 2.39 bits per heavy atom. The fourth-order valence-electron chi connectivity index (χ4n) is 3.69. The molecule has 1 aromatic carbocycles. The van der Waals surface area contributed by atoms with Gasteiger partial charge in [-0.15, -0.1) is 0 Å². The minimum atomic E-state index is -0.857. The third-order valence-corrected chi connectivity index (χ3v) is 5.51. The van der Waals surface area contributed by atoms with E-state index in [1.807, 2.05) is 19.1 Å². The fourth-order valence-corrected chi connectivity index (χ4v) is 3.69. The lowest BCUT2D eigenvalue weighted by Gasteiger charge is -2.30. The SMILES string of the molecule is CC=CC=CCOC(=O)C1=C(C)NC(C)=C(C(=O)OCC2CC2)C1c1cccc([N+](=O)[O-])c1. The number of carbonyl (C=O) groups excluding carboxylic acids is 2. The molecule has 174 valence electrons. The van der Waals surface area contributed by atoms with Crippen LogP contribution in [0.15, 0.2) is 71.1 Å². The highest BCUT2D eigenvalue weighted by Gasteiger charge is 2.39. The van der Waals surface area contributed by atoms with Crippen LogP contribution in [0.3, 0.4) is 0 Å². The average molecular weight is 453 g/mol. The van der Waals surface area contributed by atoms with Crippen LogP contribution >= 0.6 is 0 Å². The van der Waals surface area contributed by atoms with Crippen LogP contribution in [0.5, 0.6) is 0 Å². The number of nitrogens with zero attached hydrogens (tertiary/aromatic N) is 1. The molecule has 3 rings (SSSR count). The first kappa shape index (κ1) is 24.0. The highest BCUT2D eigenvalue weighted by molar-refractivity contribution is 6.00. The fraction of sp³-hybridized carbons (Fsp3) is 0.360. The molecule has 2 aliphatic rings. The molecule has 1 fully saturated rings. The van der Waals surface area contributed by atoms with Gasteiger partial charge >= 0.3 is 11.9 Å². The maximum absolute atomic E-state index is 13.1. The van der Waals surface area contributed by atoms with E-state index in [1.165, 1.54) is 18.2 Å². The molecule has 1 heterocycles. The Balaban J connectivity index is 1.99. The Hall–Kier alpha value is -3.68. The Labute approximate surface area is 192 Å². The summed E-state index contributed by atoms with van der Waals surface area (Å²) in [5, 5.41) is 14.5. The predicted octanol–water partition coefficient (Wildman–Crippen LogP) is 4.46. The zero-order chi connectivity index (χ0) is 24.0. The quantitative estimate of drug-likeness (QED) is 0.255. The highest BCUT2D eigenvalue weighted by Crippen LogP contribution is 2.40. The van der Waals surface area contributed by atoms with Gasteiger partial charge in [-0.25, -0.2) is 9.59 Å². The number of benzene rings is 1. The number of nitro groups is 1. The maximum Gasteiger partial charge on any atom is 0.337 e. The first-order valence-corrected chi connectivity index (χ1v) is 10.9. The van der Waals surface area contributed by atoms with Gasteiger partial charge in [0, 0.05) is 23.5 Å². The van der Waals surface area contributed by atoms with Crippen molar-refractivity contribution in [3.63, 3.8) is 0 Å². The first-order chi connectivity index (χ1) is 15.8. The second kappa shape index (κ2) is 10.8. The van der Waals surface area contributed by atoms with Crippen LogP contribution in [0.4, 0.5) is 5.69 Å². The molecular formula is C25H28N2O6. The normalized spacial score (nSPS) is 18.6. The monoisotopic (exact) mass is 452 g/mol. The van der Waals surface area contributed by atoms with Crippen LogP contribution in [-0.4, -0.2) is 30.1 Å². The van der Waals surface area contributed by atoms with E-state index in [-0.39, 0.29) is 23.4 Å². The van der Waals surface area contributed by atoms with Crippen molar-refractivity contribution in [2.75, 3.05) is 13.2 Å². The molecule has 0 spiro atoms. The number of nitrogens with one attached hydrogen (secondary N) is 1. The topological polar surface area (TPSA) is 108 Å². The van der Waals surface area contributed by atoms with Crippen molar-refractivity contribution in [2.45, 2.75) is 39.5 Å². The Kier molecular flexibility index (Phi) is 7.82. The van der Waals surface area contributed by atoms with Gasteiger partial charge in [0.05, 0.1) is 28.6 Å². The third-order valence-electron chi connectivity index (χ3n) is 5.51. The lowest BCUT2D eigenvalue weighted by Crippen LogP contribution is -2.32. The van der Waals surface area contributed by atoms with Crippen molar-refractivity contribution in [2.24, 2.45) is 5.92 Å². The number of nitro benzene ring substituents is 1. The van der Waals surface area contributed by atoms with Crippen LogP contribution in [0.25, 0.3) is 0 Å². The smallest absolute Gasteiger partial charge is 0.337 e. The standard InChI is InChI=1S/C25H28N2O6/c1-4-5-6-7-13-32-24(28)21-16(2)26-17(3)22(25(29)33-15-18-11-12-18)23(21)19-9-8-10-20(14-19)27(30)31/h4-10,14,18,23,26H,11-13,15H2,1-3H3. The summed E-state index contributed by atoms with van der Waals surface area (Å²) in [5.41, 5.74) is 1.84. The summed E-state index contributed by atoms with van der Waals surface area (Å²) in [4.78, 5) is 37.1. The number of non-ortho nitro benzene ring substituents is 1. The lowest BCUT2D eigenvalue weighted by molar-refractivity contribution is -0.384. The minimum absolute atomic E-state index is 0.0474. The predicted molar refractivity (Wildman–Crippen MR) is 123 cm³/mol. The van der Waals surface area contributed by atoms with Crippen LogP contribution < -0.4 is 5.32 Å². The van der Waals surface area contributed by atoms with Gasteiger partial charge in [-0.1, -0.05) is 30.4 Å². The lowest BCUT2D eigenvalue weighted by atomic mass is 9.80. The molecule has 0 saturated heterocycles. The number of hydrogen-bond donors (Lipinski definition) is 1. The maximum atomic E-state index is 13.1. The van der Waals surface area contributed by atoms with Crippen LogP contribution in [0.1, 0.15) is 45.1 Å². The molecule has 1 aliphatic carbocycles. The summed E-state index contributed by atoms with van der Waals surface area (Å²) in [6.45, 7) is 5.68. The molecule has 1 saturated carbocycles. The van der Waals surface area contributed by atoms with Gasteiger partial charge in [-0.3, -0.25) is 10.1 Å². The number of ether oxygens (including phenoxy) is 2. The number of carbonyl (C=O) groups is 2. The molecule has 0 aromatic heterocycles. The van der Waals surface area contributed by atoms with Crippen molar-refractivity contribution < 1.29 is 24.0 Å². The molecule has 1 N–H and O–H groups in total. The molecule has 0 amide bonds. The molecule has 8 heteroatoms. The van der Waals surface area contributed by atoms with Gasteiger partial charge in [-0.05, 0) is 51.2 Å². The van der Waals surface area contributed by atoms with E-state index >= 15 is 0 Å². The zero-order valence-electron chi connectivity index (χ0n) is 19.0. The molecule has 1 aromatic rings. The Morgan fingerprint density at radius 2 is 1.79 bits per heavy atom. The second-order valence-corrected chi connectivity index (χ2v) is 8.08. The summed E-state index contributed by atoms with van der Waals surface area (Å²) in [7, 11) is 0. The molecule has 8 nitrogen and oxygen atoms in total. The highest BCUT2D eigenvalue weighted by atomic mass is 16.6. The molecule has 33 heavy (non-hydrogen) atoms. The van der Waals surface area contributed by atoms with Crippen molar-refractivity contribution >= 4 is 17.6 Å². The van der Waals surface area contributed by atoms with Crippen LogP contribution in [0, 0.1) is 16.0 Å². The number of rotatable bonds is 9. The van der Waals surface area contributed by atoms with Crippen molar-refractivity contribution in [1.82, 2.24) is 5.32 Å². The number of esters is 2. The van der Waals surface area contributed by atoms with E-state index in [2.05, 4.69) is 5.32 Å². The van der Waals surface area contributed by atoms with E-state index in [4.69, 9.17) is 9.47 Å². The van der Waals surface area contributed by atoms with Crippen LogP contribution in [0.2, 0.25) is 0 Å². The summed E-state index contributed by atoms with van der Waals surface area (Å²) < 4.78 is 11.0. The number of allylic oxidation sites excluding steroid dienone is 5. The average Bonchev–Trinajstić information content (AvgIpc) is 3.61. The van der Waals surface area contributed by atoms with Crippen molar-refractivity contribution in [3.05, 3.63) is 86.8 Å². The van der Waals surface area contributed by atoms with Gasteiger partial charge in [0.1, 0.15) is 6.61 Å². The molecular weight excluding hydrogens is 424 g/mol. The van der Waals surface area contributed by atoms with Gasteiger partial charge in [0.2, 0.25) is 0 Å². The molecule has 1 atom stereocenters. The summed E-state index contributed by atoms with van der Waals surface area (Å²) in [6.07, 6.45) is 9.16. The minimum Gasteiger partial charge on any atom is -0.462 e. The number of hydrogen-bond acceptors (Lipinski definition) is 7. The van der Waals surface area contributed by atoms with E-state index < -0.39 is 22.8 Å². The summed E-state index contributed by atoms with van der Waals surface area (Å²) >= 11 is 0. The Morgan fingerprint density at radius 1 is 1.12 bits per heavy atom. The van der Waals surface area contributed by atoms with E-state index in [9.17, 15) is 19.7 Å². The zero-order valence-corrected chi connectivity index (χ0v) is 19.0. The first-order valence-electron chi connectivity index (χ1n) is 10.9. The van der Waals surface area contributed by atoms with Gasteiger partial charge in [0.15, 0.2) is 0 Å². The third kappa shape index (κ3) is 5.97. The second-order valence-electron chi connectivity index (χ2n) is 8.08. The molecule has 1 aliphatic heterocycles. The van der Waals surface area contributed by atoms with Gasteiger partial charge in [-0.2, -0.15) is 0 Å². The summed E-state index contributed by atoms with van der Waals surface area (Å²) in [5.74, 6) is -1.64. The van der Waals surface area contributed by atoms with Crippen molar-refractivity contribution in [3.8, 4) is 0 Å². The van der Waals surface area contributed by atoms with Gasteiger partial charge < -0.3 is 14.8 Å². The van der Waals surface area contributed by atoms with E-state index in [0.29, 0.717) is 29.5 Å².